The lowest BCUT2D eigenvalue weighted by molar-refractivity contribution is -0.129. The number of likely N-dealkylation sites (tertiary alicyclic amines) is 1. The molecule has 1 amide bonds. The Morgan fingerprint density at radius 1 is 1.27 bits per heavy atom. The monoisotopic (exact) mass is 418 g/mol. The molecule has 0 aliphatic carbocycles. The number of methoxy groups -OCH3 is 2. The van der Waals surface area contributed by atoms with Crippen molar-refractivity contribution >= 4 is 11.9 Å². The molecule has 1 aromatic carbocycles. The molecule has 1 atom stereocenters. The summed E-state index contributed by atoms with van der Waals surface area (Å²) in [6, 6.07) is 6.33. The van der Waals surface area contributed by atoms with Gasteiger partial charge in [0, 0.05) is 45.7 Å². The van der Waals surface area contributed by atoms with Crippen LogP contribution in [0.1, 0.15) is 45.1 Å². The minimum absolute atomic E-state index is 0.295. The van der Waals surface area contributed by atoms with E-state index in [-0.39, 0.29) is 0 Å². The van der Waals surface area contributed by atoms with Crippen LogP contribution in [0.25, 0.3) is 0 Å². The van der Waals surface area contributed by atoms with Crippen molar-refractivity contribution in [3.8, 4) is 11.5 Å². The van der Waals surface area contributed by atoms with Crippen molar-refractivity contribution in [3.63, 3.8) is 0 Å². The molecule has 2 rings (SSSR count). The summed E-state index contributed by atoms with van der Waals surface area (Å²) in [5.74, 6) is 2.69. The fourth-order valence-electron chi connectivity index (χ4n) is 3.86. The fourth-order valence-corrected chi connectivity index (χ4v) is 3.86. The summed E-state index contributed by atoms with van der Waals surface area (Å²) in [5.41, 5.74) is 1.19. The number of nitrogens with one attached hydrogen (secondary N) is 1. The maximum atomic E-state index is 12.0. The second-order valence-electron chi connectivity index (χ2n) is 7.64. The van der Waals surface area contributed by atoms with Gasteiger partial charge in [-0.05, 0) is 50.3 Å². The average Bonchev–Trinajstić information content (AvgIpc) is 3.19. The van der Waals surface area contributed by atoms with E-state index in [0.29, 0.717) is 24.9 Å². The van der Waals surface area contributed by atoms with Crippen LogP contribution in [0.4, 0.5) is 0 Å². The van der Waals surface area contributed by atoms with E-state index in [4.69, 9.17) is 14.5 Å². The number of nitrogens with zero attached hydrogens (tertiary/aromatic N) is 3. The Bertz CT molecular complexity index is 708. The van der Waals surface area contributed by atoms with Crippen molar-refractivity contribution in [2.45, 2.75) is 52.0 Å². The van der Waals surface area contributed by atoms with Crippen molar-refractivity contribution < 1.29 is 14.3 Å². The Kier molecular flexibility index (Phi) is 9.77. The molecular formula is C23H38N4O3. The van der Waals surface area contributed by atoms with Crippen LogP contribution in [0.5, 0.6) is 11.5 Å². The first-order chi connectivity index (χ1) is 14.5. The molecule has 0 spiro atoms. The summed E-state index contributed by atoms with van der Waals surface area (Å²) in [6.45, 7) is 7.50. The third-order valence-corrected chi connectivity index (χ3v) is 5.63. The number of hydrogen-bond acceptors (Lipinski definition) is 4. The molecule has 168 valence electrons. The van der Waals surface area contributed by atoms with Crippen LogP contribution >= 0.6 is 0 Å². The number of amides is 1. The quantitative estimate of drug-likeness (QED) is 0.442. The molecule has 1 aliphatic rings. The molecule has 0 saturated carbocycles. The van der Waals surface area contributed by atoms with E-state index in [1.807, 2.05) is 17.0 Å². The Hall–Kier alpha value is -2.44. The minimum Gasteiger partial charge on any atom is -0.493 e. The Labute approximate surface area is 181 Å². The number of carbonyl (C=O) groups is 1. The van der Waals surface area contributed by atoms with Gasteiger partial charge < -0.3 is 24.6 Å². The summed E-state index contributed by atoms with van der Waals surface area (Å²) in [5, 5.41) is 3.38. The molecule has 1 aromatic rings. The first kappa shape index (κ1) is 23.8. The van der Waals surface area contributed by atoms with Crippen molar-refractivity contribution in [2.75, 3.05) is 47.4 Å². The van der Waals surface area contributed by atoms with Gasteiger partial charge >= 0.3 is 0 Å². The fraction of sp³-hybridized carbons (Fsp3) is 0.652. The van der Waals surface area contributed by atoms with Crippen molar-refractivity contribution in [3.05, 3.63) is 23.8 Å². The van der Waals surface area contributed by atoms with E-state index in [1.165, 1.54) is 5.56 Å². The molecule has 1 unspecified atom stereocenters. The maximum absolute atomic E-state index is 12.0. The highest BCUT2D eigenvalue weighted by Gasteiger charge is 2.26. The number of benzene rings is 1. The van der Waals surface area contributed by atoms with Crippen LogP contribution in [0.3, 0.4) is 0 Å². The summed E-state index contributed by atoms with van der Waals surface area (Å²) in [4.78, 5) is 21.1. The molecule has 0 aromatic heterocycles. The van der Waals surface area contributed by atoms with Crippen LogP contribution in [0.15, 0.2) is 23.2 Å². The van der Waals surface area contributed by atoms with Crippen LogP contribution < -0.4 is 14.8 Å². The summed E-state index contributed by atoms with van der Waals surface area (Å²) in [6.07, 6.45) is 4.44. The van der Waals surface area contributed by atoms with Crippen LogP contribution in [0, 0.1) is 0 Å². The van der Waals surface area contributed by atoms with E-state index in [2.05, 4.69) is 37.2 Å². The molecule has 0 bridgehead atoms. The Balaban J connectivity index is 1.93. The van der Waals surface area contributed by atoms with Gasteiger partial charge in [-0.15, -0.1) is 0 Å². The van der Waals surface area contributed by atoms with Crippen LogP contribution in [-0.4, -0.2) is 75.2 Å². The number of aliphatic imine (C=N–C) groups is 1. The smallest absolute Gasteiger partial charge is 0.222 e. The van der Waals surface area contributed by atoms with Gasteiger partial charge in [-0.3, -0.25) is 9.79 Å². The summed E-state index contributed by atoms with van der Waals surface area (Å²) < 4.78 is 10.7. The summed E-state index contributed by atoms with van der Waals surface area (Å²) in [7, 11) is 5.36. The Morgan fingerprint density at radius 3 is 2.63 bits per heavy atom. The molecule has 30 heavy (non-hydrogen) atoms. The second kappa shape index (κ2) is 12.3. The van der Waals surface area contributed by atoms with Gasteiger partial charge in [0.05, 0.1) is 14.2 Å². The zero-order valence-corrected chi connectivity index (χ0v) is 19.2. The zero-order valence-electron chi connectivity index (χ0n) is 19.2. The third-order valence-electron chi connectivity index (χ3n) is 5.63. The lowest BCUT2D eigenvalue weighted by Gasteiger charge is -2.27. The molecular weight excluding hydrogens is 380 g/mol. The molecule has 1 N–H and O–H groups in total. The standard InChI is InChI=1S/C23H38N4O3/c1-6-19(27-15-8-9-22(27)28)12-14-25-23(24-7-2)26(3)16-13-18-10-11-20(29-4)21(17-18)30-5/h10-11,17,19H,6-9,12-16H2,1-5H3,(H,24,25). The minimum atomic E-state index is 0.295. The van der Waals surface area contributed by atoms with Gasteiger partial charge in [-0.1, -0.05) is 13.0 Å². The zero-order chi connectivity index (χ0) is 21.9. The van der Waals surface area contributed by atoms with E-state index < -0.39 is 0 Å². The average molecular weight is 419 g/mol. The molecule has 1 heterocycles. The van der Waals surface area contributed by atoms with Gasteiger partial charge in [0.1, 0.15) is 0 Å². The van der Waals surface area contributed by atoms with E-state index in [9.17, 15) is 4.79 Å². The number of guanidine groups is 1. The van der Waals surface area contributed by atoms with Gasteiger partial charge in [0.25, 0.3) is 0 Å². The highest BCUT2D eigenvalue weighted by atomic mass is 16.5. The van der Waals surface area contributed by atoms with Gasteiger partial charge in [0.2, 0.25) is 5.91 Å². The predicted octanol–water partition coefficient (Wildman–Crippen LogP) is 2.93. The molecule has 1 fully saturated rings. The summed E-state index contributed by atoms with van der Waals surface area (Å²) >= 11 is 0. The highest BCUT2D eigenvalue weighted by molar-refractivity contribution is 5.80. The van der Waals surface area contributed by atoms with Gasteiger partial charge in [0.15, 0.2) is 17.5 Å². The lowest BCUT2D eigenvalue weighted by atomic mass is 10.1. The number of likely N-dealkylation sites (N-methyl/N-ethyl adjacent to an activating group) is 1. The SMILES string of the molecule is CCNC(=NCCC(CC)N1CCCC1=O)N(C)CCc1ccc(OC)c(OC)c1. The molecule has 7 heteroatoms. The van der Waals surface area contributed by atoms with Gasteiger partial charge in [-0.25, -0.2) is 0 Å². The molecule has 0 radical (unpaired) electrons. The third kappa shape index (κ3) is 6.54. The first-order valence-corrected chi connectivity index (χ1v) is 11.0. The topological polar surface area (TPSA) is 66.4 Å². The molecule has 1 aliphatic heterocycles. The maximum Gasteiger partial charge on any atom is 0.222 e. The van der Waals surface area contributed by atoms with E-state index in [0.717, 1.165) is 62.8 Å². The number of hydrogen-bond donors (Lipinski definition) is 1. The lowest BCUT2D eigenvalue weighted by Crippen LogP contribution is -2.40. The highest BCUT2D eigenvalue weighted by Crippen LogP contribution is 2.27. The normalized spacial score (nSPS) is 15.3. The van der Waals surface area contributed by atoms with Crippen molar-refractivity contribution in [1.29, 1.82) is 0 Å². The number of ether oxygens (including phenoxy) is 2. The largest absolute Gasteiger partial charge is 0.493 e. The predicted molar refractivity (Wildman–Crippen MR) is 122 cm³/mol. The van der Waals surface area contributed by atoms with E-state index >= 15 is 0 Å². The van der Waals surface area contributed by atoms with E-state index in [1.54, 1.807) is 14.2 Å². The molecule has 7 nitrogen and oxygen atoms in total. The number of carbonyl (C=O) groups excluding carboxylic acids is 1. The van der Waals surface area contributed by atoms with Gasteiger partial charge in [-0.2, -0.15) is 0 Å². The Morgan fingerprint density at radius 2 is 2.03 bits per heavy atom. The first-order valence-electron chi connectivity index (χ1n) is 11.0. The molecule has 1 saturated heterocycles. The second-order valence-corrected chi connectivity index (χ2v) is 7.64. The van der Waals surface area contributed by atoms with Crippen molar-refractivity contribution in [2.24, 2.45) is 4.99 Å². The number of rotatable bonds is 11. The van der Waals surface area contributed by atoms with Crippen molar-refractivity contribution in [1.82, 2.24) is 15.1 Å². The van der Waals surface area contributed by atoms with Crippen LogP contribution in [0.2, 0.25) is 0 Å². The van der Waals surface area contributed by atoms with Crippen LogP contribution in [-0.2, 0) is 11.2 Å².